The molecule has 1 aliphatic heterocycles. The van der Waals surface area contributed by atoms with E-state index in [1.54, 1.807) is 0 Å². The third-order valence-electron chi connectivity index (χ3n) is 3.78. The smallest absolute Gasteiger partial charge is 0.152 e. The normalized spacial score (nSPS) is 28.4. The number of carbonyl (C=O) groups is 1. The van der Waals surface area contributed by atoms with Crippen LogP contribution in [0.1, 0.15) is 29.6 Å². The summed E-state index contributed by atoms with van der Waals surface area (Å²) in [7, 11) is 0. The largest absolute Gasteiger partial charge is 0.368 e. The molecule has 2 nitrogen and oxygen atoms in total. The summed E-state index contributed by atoms with van der Waals surface area (Å²) >= 11 is 0. The fraction of sp³-hybridized carbons (Fsp3) is 0.462. The molecule has 0 radical (unpaired) electrons. The lowest BCUT2D eigenvalue weighted by Gasteiger charge is -2.30. The summed E-state index contributed by atoms with van der Waals surface area (Å²) in [5, 5.41) is 0. The lowest BCUT2D eigenvalue weighted by molar-refractivity contribution is 0.112. The van der Waals surface area contributed by atoms with Gasteiger partial charge in [0.1, 0.15) is 0 Å². The number of carbonyl (C=O) groups excluding carboxylic acids is 1. The third-order valence-corrected chi connectivity index (χ3v) is 3.78. The Balaban J connectivity index is 1.96. The van der Waals surface area contributed by atoms with Crippen molar-refractivity contribution in [3.05, 3.63) is 29.8 Å². The van der Waals surface area contributed by atoms with Crippen LogP contribution >= 0.6 is 0 Å². The van der Waals surface area contributed by atoms with Crippen LogP contribution in [0.25, 0.3) is 0 Å². The first-order valence-corrected chi connectivity index (χ1v) is 5.69. The Morgan fingerprint density at radius 1 is 1.27 bits per heavy atom. The second kappa shape index (κ2) is 3.37. The van der Waals surface area contributed by atoms with Gasteiger partial charge in [0.05, 0.1) is 0 Å². The lowest BCUT2D eigenvalue weighted by Crippen LogP contribution is -2.32. The number of aldehydes is 1. The summed E-state index contributed by atoms with van der Waals surface area (Å²) in [6.45, 7) is 1.15. The number of anilines is 1. The number of nitrogens with zero attached hydrogens (tertiary/aromatic N) is 1. The Hall–Kier alpha value is -1.31. The monoisotopic (exact) mass is 201 g/mol. The molecule has 1 aliphatic carbocycles. The highest BCUT2D eigenvalue weighted by molar-refractivity contribution is 5.84. The van der Waals surface area contributed by atoms with Gasteiger partial charge in [-0.15, -0.1) is 0 Å². The zero-order chi connectivity index (χ0) is 10.3. The molecule has 0 aromatic heterocycles. The average Bonchev–Trinajstić information content (AvgIpc) is 2.90. The highest BCUT2D eigenvalue weighted by Crippen LogP contribution is 2.40. The molecular formula is C13H15NO. The topological polar surface area (TPSA) is 20.3 Å². The van der Waals surface area contributed by atoms with Crippen LogP contribution in [0.4, 0.5) is 5.69 Å². The molecule has 2 aliphatic rings. The van der Waals surface area contributed by atoms with Crippen molar-refractivity contribution < 1.29 is 4.79 Å². The van der Waals surface area contributed by atoms with Crippen LogP contribution in [-0.2, 0) is 0 Å². The van der Waals surface area contributed by atoms with Crippen molar-refractivity contribution in [3.8, 4) is 0 Å². The Morgan fingerprint density at radius 3 is 2.80 bits per heavy atom. The molecule has 1 aromatic carbocycles. The van der Waals surface area contributed by atoms with E-state index in [9.17, 15) is 4.79 Å². The zero-order valence-corrected chi connectivity index (χ0v) is 8.73. The van der Waals surface area contributed by atoms with E-state index in [0.29, 0.717) is 6.04 Å². The van der Waals surface area contributed by atoms with Crippen LogP contribution < -0.4 is 4.90 Å². The van der Waals surface area contributed by atoms with Crippen molar-refractivity contribution in [1.82, 2.24) is 0 Å². The molecule has 0 spiro atoms. The number of rotatable bonds is 2. The molecule has 1 aromatic rings. The fourth-order valence-corrected chi connectivity index (χ4v) is 3.07. The molecule has 2 bridgehead atoms. The van der Waals surface area contributed by atoms with Gasteiger partial charge >= 0.3 is 0 Å². The number of benzene rings is 1. The van der Waals surface area contributed by atoms with E-state index in [4.69, 9.17) is 0 Å². The molecule has 2 atom stereocenters. The number of hydrogen-bond acceptors (Lipinski definition) is 2. The summed E-state index contributed by atoms with van der Waals surface area (Å²) in [4.78, 5) is 13.4. The van der Waals surface area contributed by atoms with Crippen LogP contribution in [0, 0.1) is 5.92 Å². The third kappa shape index (κ3) is 1.36. The SMILES string of the molecule is O=Cc1ccccc1N1CC2CCC1C2. The Morgan fingerprint density at radius 2 is 2.13 bits per heavy atom. The van der Waals surface area contributed by atoms with E-state index < -0.39 is 0 Å². The molecule has 2 heteroatoms. The van der Waals surface area contributed by atoms with Crippen molar-refractivity contribution in [3.63, 3.8) is 0 Å². The minimum atomic E-state index is 0.691. The quantitative estimate of drug-likeness (QED) is 0.685. The highest BCUT2D eigenvalue weighted by Gasteiger charge is 2.38. The van der Waals surface area contributed by atoms with Gasteiger partial charge in [-0.2, -0.15) is 0 Å². The molecule has 1 saturated carbocycles. The number of piperidine rings is 1. The van der Waals surface area contributed by atoms with Gasteiger partial charge in [0.15, 0.2) is 6.29 Å². The van der Waals surface area contributed by atoms with E-state index in [1.807, 2.05) is 18.2 Å². The summed E-state index contributed by atoms with van der Waals surface area (Å²) in [6.07, 6.45) is 4.98. The van der Waals surface area contributed by atoms with Crippen molar-refractivity contribution >= 4 is 12.0 Å². The molecule has 0 amide bonds. The van der Waals surface area contributed by atoms with Gasteiger partial charge in [0, 0.05) is 23.8 Å². The maximum Gasteiger partial charge on any atom is 0.152 e. The molecule has 2 fully saturated rings. The fourth-order valence-electron chi connectivity index (χ4n) is 3.07. The second-order valence-corrected chi connectivity index (χ2v) is 4.66. The zero-order valence-electron chi connectivity index (χ0n) is 8.73. The summed E-state index contributed by atoms with van der Waals surface area (Å²) in [6, 6.07) is 8.63. The van der Waals surface area contributed by atoms with Gasteiger partial charge < -0.3 is 4.90 Å². The Bertz CT molecular complexity index is 388. The Labute approximate surface area is 89.9 Å². The van der Waals surface area contributed by atoms with Gasteiger partial charge in [-0.3, -0.25) is 4.79 Å². The predicted octanol–water partition coefficient (Wildman–Crippen LogP) is 2.49. The van der Waals surface area contributed by atoms with Crippen molar-refractivity contribution in [2.45, 2.75) is 25.3 Å². The summed E-state index contributed by atoms with van der Waals surface area (Å²) in [5.74, 6) is 0.870. The molecule has 3 rings (SSSR count). The van der Waals surface area contributed by atoms with Crippen molar-refractivity contribution in [1.29, 1.82) is 0 Å². The molecule has 0 N–H and O–H groups in total. The van der Waals surface area contributed by atoms with Crippen LogP contribution in [0.2, 0.25) is 0 Å². The van der Waals surface area contributed by atoms with Crippen LogP contribution in [0.3, 0.4) is 0 Å². The molecular weight excluding hydrogens is 186 g/mol. The maximum atomic E-state index is 11.0. The molecule has 1 saturated heterocycles. The van der Waals surface area contributed by atoms with Gasteiger partial charge in [-0.1, -0.05) is 12.1 Å². The standard InChI is InChI=1S/C13H15NO/c15-9-11-3-1-2-4-13(11)14-8-10-5-6-12(14)7-10/h1-4,9-10,12H,5-8H2. The Kier molecular flexibility index (Phi) is 2.01. The van der Waals surface area contributed by atoms with Crippen LogP contribution in [0.15, 0.2) is 24.3 Å². The van der Waals surface area contributed by atoms with Gasteiger partial charge in [-0.25, -0.2) is 0 Å². The van der Waals surface area contributed by atoms with Gasteiger partial charge in [-0.05, 0) is 37.3 Å². The van der Waals surface area contributed by atoms with Crippen molar-refractivity contribution in [2.24, 2.45) is 5.92 Å². The van der Waals surface area contributed by atoms with E-state index >= 15 is 0 Å². The first-order valence-electron chi connectivity index (χ1n) is 5.69. The van der Waals surface area contributed by atoms with E-state index in [-0.39, 0.29) is 0 Å². The van der Waals surface area contributed by atoms with Crippen LogP contribution in [-0.4, -0.2) is 18.9 Å². The van der Waals surface area contributed by atoms with E-state index in [2.05, 4.69) is 11.0 Å². The van der Waals surface area contributed by atoms with Crippen molar-refractivity contribution in [2.75, 3.05) is 11.4 Å². The minimum Gasteiger partial charge on any atom is -0.368 e. The number of para-hydroxylation sites is 1. The maximum absolute atomic E-state index is 11.0. The predicted molar refractivity (Wildman–Crippen MR) is 60.3 cm³/mol. The van der Waals surface area contributed by atoms with Gasteiger partial charge in [0.2, 0.25) is 0 Å². The summed E-state index contributed by atoms with van der Waals surface area (Å²) in [5.41, 5.74) is 1.98. The summed E-state index contributed by atoms with van der Waals surface area (Å²) < 4.78 is 0. The minimum absolute atomic E-state index is 0.691. The molecule has 1 heterocycles. The number of fused-ring (bicyclic) bond motifs is 2. The molecule has 2 unspecified atom stereocenters. The van der Waals surface area contributed by atoms with Crippen LogP contribution in [0.5, 0.6) is 0 Å². The second-order valence-electron chi connectivity index (χ2n) is 4.66. The number of hydrogen-bond donors (Lipinski definition) is 0. The first-order chi connectivity index (χ1) is 7.38. The highest BCUT2D eigenvalue weighted by atomic mass is 16.1. The first kappa shape index (κ1) is 8.96. The van der Waals surface area contributed by atoms with E-state index in [1.165, 1.54) is 19.3 Å². The van der Waals surface area contributed by atoms with Gasteiger partial charge in [0.25, 0.3) is 0 Å². The molecule has 78 valence electrons. The lowest BCUT2D eigenvalue weighted by atomic mass is 10.1. The van der Waals surface area contributed by atoms with E-state index in [0.717, 1.165) is 30.0 Å². The molecule has 15 heavy (non-hydrogen) atoms. The average molecular weight is 201 g/mol.